The SMILES string of the molecule is O=C1[C@@H]2[C@@H](c3ccccc3F)N(c3ccccc3)O[C@H]2C(=O)N1c1cccc(-c2ccccc2)c1. The molecule has 2 aliphatic rings. The lowest BCUT2D eigenvalue weighted by Gasteiger charge is -2.29. The highest BCUT2D eigenvalue weighted by molar-refractivity contribution is 6.24. The Kier molecular flexibility index (Phi) is 5.16. The van der Waals surface area contributed by atoms with Crippen molar-refractivity contribution >= 4 is 23.2 Å². The highest BCUT2D eigenvalue weighted by atomic mass is 19.1. The minimum Gasteiger partial charge on any atom is -0.273 e. The fourth-order valence-corrected chi connectivity index (χ4v) is 4.95. The number of rotatable bonds is 4. The fourth-order valence-electron chi connectivity index (χ4n) is 4.95. The van der Waals surface area contributed by atoms with Gasteiger partial charge < -0.3 is 0 Å². The molecule has 6 rings (SSSR count). The Morgan fingerprint density at radius 1 is 0.657 bits per heavy atom. The van der Waals surface area contributed by atoms with Gasteiger partial charge in [-0.2, -0.15) is 0 Å². The Morgan fingerprint density at radius 2 is 1.29 bits per heavy atom. The molecular formula is C29H21FN2O3. The van der Waals surface area contributed by atoms with Crippen molar-refractivity contribution in [2.75, 3.05) is 9.96 Å². The van der Waals surface area contributed by atoms with Crippen molar-refractivity contribution < 1.29 is 18.8 Å². The van der Waals surface area contributed by atoms with Crippen LogP contribution in [0.4, 0.5) is 15.8 Å². The van der Waals surface area contributed by atoms with Gasteiger partial charge in [-0.25, -0.2) is 14.4 Å². The Balaban J connectivity index is 1.41. The zero-order valence-corrected chi connectivity index (χ0v) is 18.6. The number of imide groups is 1. The minimum atomic E-state index is -1.05. The summed E-state index contributed by atoms with van der Waals surface area (Å²) >= 11 is 0. The molecule has 0 aliphatic carbocycles. The number of carbonyl (C=O) groups is 2. The molecule has 35 heavy (non-hydrogen) atoms. The molecule has 0 spiro atoms. The van der Waals surface area contributed by atoms with Crippen LogP contribution in [0.1, 0.15) is 11.6 Å². The number of carbonyl (C=O) groups excluding carboxylic acids is 2. The van der Waals surface area contributed by atoms with E-state index in [1.54, 1.807) is 24.3 Å². The summed E-state index contributed by atoms with van der Waals surface area (Å²) in [5.41, 5.74) is 3.29. The first kappa shape index (κ1) is 21.3. The third-order valence-electron chi connectivity index (χ3n) is 6.56. The lowest BCUT2D eigenvalue weighted by molar-refractivity contribution is -0.126. The van der Waals surface area contributed by atoms with Crippen LogP contribution in [0, 0.1) is 11.7 Å². The van der Waals surface area contributed by atoms with E-state index in [0.717, 1.165) is 11.1 Å². The zero-order chi connectivity index (χ0) is 23.9. The average Bonchev–Trinajstić information content (AvgIpc) is 3.41. The van der Waals surface area contributed by atoms with E-state index in [4.69, 9.17) is 4.84 Å². The predicted molar refractivity (Wildman–Crippen MR) is 131 cm³/mol. The highest BCUT2D eigenvalue weighted by Gasteiger charge is 2.60. The van der Waals surface area contributed by atoms with Crippen molar-refractivity contribution in [2.24, 2.45) is 5.92 Å². The van der Waals surface area contributed by atoms with Crippen molar-refractivity contribution in [3.8, 4) is 11.1 Å². The molecule has 3 atom stereocenters. The van der Waals surface area contributed by atoms with Crippen LogP contribution < -0.4 is 9.96 Å². The van der Waals surface area contributed by atoms with Gasteiger partial charge in [0.2, 0.25) is 5.91 Å². The second-order valence-corrected chi connectivity index (χ2v) is 8.61. The summed E-state index contributed by atoms with van der Waals surface area (Å²) in [6.07, 6.45) is -1.05. The number of amides is 2. The number of nitrogens with zero attached hydrogens (tertiary/aromatic N) is 2. The molecule has 172 valence electrons. The normalized spacial score (nSPS) is 21.5. The number of hydrogen-bond acceptors (Lipinski definition) is 4. The molecule has 2 fully saturated rings. The molecule has 2 amide bonds. The molecule has 4 aromatic carbocycles. The molecule has 0 radical (unpaired) electrons. The van der Waals surface area contributed by atoms with E-state index in [2.05, 4.69) is 0 Å². The van der Waals surface area contributed by atoms with Gasteiger partial charge in [0.1, 0.15) is 11.7 Å². The summed E-state index contributed by atoms with van der Waals surface area (Å²) in [6.45, 7) is 0. The largest absolute Gasteiger partial charge is 0.273 e. The molecule has 0 aromatic heterocycles. The number of anilines is 2. The number of hydrogen-bond donors (Lipinski definition) is 0. The maximum absolute atomic E-state index is 15.0. The minimum absolute atomic E-state index is 0.310. The van der Waals surface area contributed by atoms with Crippen LogP contribution >= 0.6 is 0 Å². The van der Waals surface area contributed by atoms with Crippen LogP contribution in [0.3, 0.4) is 0 Å². The average molecular weight is 464 g/mol. The highest BCUT2D eigenvalue weighted by Crippen LogP contribution is 2.48. The van der Waals surface area contributed by atoms with E-state index in [-0.39, 0.29) is 0 Å². The molecule has 6 heteroatoms. The third-order valence-corrected chi connectivity index (χ3v) is 6.56. The van der Waals surface area contributed by atoms with Gasteiger partial charge in [-0.3, -0.25) is 14.4 Å². The first-order valence-electron chi connectivity index (χ1n) is 11.4. The van der Waals surface area contributed by atoms with E-state index in [0.29, 0.717) is 16.9 Å². The predicted octanol–water partition coefficient (Wildman–Crippen LogP) is 5.54. The van der Waals surface area contributed by atoms with Gasteiger partial charge in [0, 0.05) is 5.56 Å². The second kappa shape index (κ2) is 8.49. The van der Waals surface area contributed by atoms with Crippen molar-refractivity contribution in [2.45, 2.75) is 12.1 Å². The molecule has 2 aliphatic heterocycles. The topological polar surface area (TPSA) is 49.9 Å². The Bertz CT molecular complexity index is 1410. The summed E-state index contributed by atoms with van der Waals surface area (Å²) in [5.74, 6) is -2.20. The monoisotopic (exact) mass is 464 g/mol. The summed E-state index contributed by atoms with van der Waals surface area (Å²) in [7, 11) is 0. The number of hydroxylamine groups is 1. The van der Waals surface area contributed by atoms with Gasteiger partial charge >= 0.3 is 0 Å². The van der Waals surface area contributed by atoms with Crippen LogP contribution in [-0.4, -0.2) is 17.9 Å². The van der Waals surface area contributed by atoms with Gasteiger partial charge in [-0.1, -0.05) is 78.9 Å². The number of fused-ring (bicyclic) bond motifs is 1. The summed E-state index contributed by atoms with van der Waals surface area (Å²) in [6, 6.07) is 31.7. The number of halogens is 1. The van der Waals surface area contributed by atoms with Crippen molar-refractivity contribution in [1.29, 1.82) is 0 Å². The smallest absolute Gasteiger partial charge is 0.266 e. The van der Waals surface area contributed by atoms with Gasteiger partial charge in [-0.15, -0.1) is 0 Å². The molecule has 0 N–H and O–H groups in total. The maximum Gasteiger partial charge on any atom is 0.266 e. The van der Waals surface area contributed by atoms with Gasteiger partial charge in [-0.05, 0) is 41.5 Å². The summed E-state index contributed by atoms with van der Waals surface area (Å²) in [4.78, 5) is 34.6. The van der Waals surface area contributed by atoms with E-state index < -0.39 is 35.7 Å². The van der Waals surface area contributed by atoms with Gasteiger partial charge in [0.15, 0.2) is 6.10 Å². The van der Waals surface area contributed by atoms with Gasteiger partial charge in [0.25, 0.3) is 5.91 Å². The lowest BCUT2D eigenvalue weighted by atomic mass is 9.90. The van der Waals surface area contributed by atoms with Crippen molar-refractivity contribution in [1.82, 2.24) is 0 Å². The molecule has 2 heterocycles. The van der Waals surface area contributed by atoms with Crippen molar-refractivity contribution in [3.05, 3.63) is 121 Å². The second-order valence-electron chi connectivity index (χ2n) is 8.61. The molecule has 0 bridgehead atoms. The summed E-state index contributed by atoms with van der Waals surface area (Å²) < 4.78 is 15.0. The Hall–Kier alpha value is -4.29. The van der Waals surface area contributed by atoms with Crippen LogP contribution in [0.2, 0.25) is 0 Å². The quantitative estimate of drug-likeness (QED) is 0.372. The van der Waals surface area contributed by atoms with E-state index in [1.165, 1.54) is 16.0 Å². The van der Waals surface area contributed by atoms with Crippen LogP contribution in [-0.2, 0) is 14.4 Å². The molecule has 2 saturated heterocycles. The standard InChI is InChI=1S/C29H21FN2O3/c30-24-17-8-7-16-23(24)26-25-27(35-32(26)21-13-5-2-6-14-21)29(34)31(28(25)33)22-15-9-12-20(18-22)19-10-3-1-4-11-19/h1-18,25-27H/t25-,26-,27-/m1/s1. The maximum atomic E-state index is 15.0. The van der Waals surface area contributed by atoms with Crippen LogP contribution in [0.5, 0.6) is 0 Å². The Morgan fingerprint density at radius 3 is 2.03 bits per heavy atom. The summed E-state index contributed by atoms with van der Waals surface area (Å²) in [5, 5.41) is 1.50. The van der Waals surface area contributed by atoms with Gasteiger partial charge in [0.05, 0.1) is 17.4 Å². The Labute approximate surface area is 201 Å². The molecule has 0 saturated carbocycles. The van der Waals surface area contributed by atoms with Crippen LogP contribution in [0.15, 0.2) is 109 Å². The number of benzene rings is 4. The molecule has 4 aromatic rings. The van der Waals surface area contributed by atoms with E-state index in [1.807, 2.05) is 78.9 Å². The lowest BCUT2D eigenvalue weighted by Crippen LogP contribution is -2.37. The third kappa shape index (κ3) is 3.50. The zero-order valence-electron chi connectivity index (χ0n) is 18.6. The molecule has 0 unspecified atom stereocenters. The fraction of sp³-hybridized carbons (Fsp3) is 0.103. The van der Waals surface area contributed by atoms with Crippen molar-refractivity contribution in [3.63, 3.8) is 0 Å². The molecular weight excluding hydrogens is 443 g/mol. The first-order valence-corrected chi connectivity index (χ1v) is 11.4. The van der Waals surface area contributed by atoms with E-state index in [9.17, 15) is 14.0 Å². The number of para-hydroxylation sites is 1. The molecule has 5 nitrogen and oxygen atoms in total. The van der Waals surface area contributed by atoms with E-state index >= 15 is 0 Å². The first-order chi connectivity index (χ1) is 17.1. The van der Waals surface area contributed by atoms with Crippen LogP contribution in [0.25, 0.3) is 11.1 Å².